The minimum absolute atomic E-state index is 0.178. The number of likely N-dealkylation sites (tertiary alicyclic amines) is 1. The summed E-state index contributed by atoms with van der Waals surface area (Å²) in [6.07, 6.45) is 2.43. The molecule has 11 heteroatoms. The number of piperidine rings is 1. The second-order valence-corrected chi connectivity index (χ2v) is 12.7. The molecule has 0 spiro atoms. The van der Waals surface area contributed by atoms with E-state index in [0.29, 0.717) is 70.8 Å². The van der Waals surface area contributed by atoms with Gasteiger partial charge in [0.2, 0.25) is 0 Å². The average molecular weight is 655 g/mol. The van der Waals surface area contributed by atoms with Crippen LogP contribution >= 0.6 is 0 Å². The Labute approximate surface area is 282 Å². The van der Waals surface area contributed by atoms with E-state index < -0.39 is 5.60 Å². The quantitative estimate of drug-likeness (QED) is 0.228. The SMILES string of the molecule is Cc1ccc(-c2cn(CC3(O)CCN(C(=O)c4ccc(N5C(=O)c6ccccc6C5=O)cc4C)CC3)nn2)cc1C(=O)Nc1ccccc1. The number of hydrogen-bond acceptors (Lipinski definition) is 7. The van der Waals surface area contributed by atoms with Crippen molar-refractivity contribution in [1.82, 2.24) is 19.9 Å². The number of aryl methyl sites for hydroxylation is 2. The van der Waals surface area contributed by atoms with Crippen LogP contribution < -0.4 is 10.2 Å². The van der Waals surface area contributed by atoms with Crippen LogP contribution in [0, 0.1) is 13.8 Å². The predicted octanol–water partition coefficient (Wildman–Crippen LogP) is 5.28. The number of nitrogens with one attached hydrogen (secondary N) is 1. The van der Waals surface area contributed by atoms with Crippen LogP contribution in [0.1, 0.15) is 65.4 Å². The number of carbonyl (C=O) groups excluding carboxylic acids is 4. The van der Waals surface area contributed by atoms with E-state index in [9.17, 15) is 24.3 Å². The third-order valence-corrected chi connectivity index (χ3v) is 9.28. The molecule has 0 radical (unpaired) electrons. The highest BCUT2D eigenvalue weighted by Crippen LogP contribution is 2.31. The predicted molar refractivity (Wildman–Crippen MR) is 183 cm³/mol. The van der Waals surface area contributed by atoms with E-state index in [1.165, 1.54) is 0 Å². The van der Waals surface area contributed by atoms with Gasteiger partial charge in [-0.2, -0.15) is 0 Å². The number of fused-ring (bicyclic) bond motifs is 1. The number of para-hydroxylation sites is 1. The fraction of sp³-hybridized carbons (Fsp3) is 0.211. The highest BCUT2D eigenvalue weighted by Gasteiger charge is 2.38. The lowest BCUT2D eigenvalue weighted by molar-refractivity contribution is -0.0318. The Morgan fingerprint density at radius 3 is 2.16 bits per heavy atom. The largest absolute Gasteiger partial charge is 0.388 e. The van der Waals surface area contributed by atoms with Gasteiger partial charge in [0.05, 0.1) is 35.2 Å². The number of imide groups is 1. The van der Waals surface area contributed by atoms with Gasteiger partial charge in [0.1, 0.15) is 5.69 Å². The minimum atomic E-state index is -1.10. The molecule has 1 fully saturated rings. The zero-order chi connectivity index (χ0) is 34.3. The van der Waals surface area contributed by atoms with E-state index in [4.69, 9.17) is 0 Å². The van der Waals surface area contributed by atoms with Gasteiger partial charge in [0.15, 0.2) is 0 Å². The normalized spacial score (nSPS) is 15.3. The molecule has 11 nitrogen and oxygen atoms in total. The van der Waals surface area contributed by atoms with Crippen molar-refractivity contribution in [3.05, 3.63) is 131 Å². The summed E-state index contributed by atoms with van der Waals surface area (Å²) in [4.78, 5) is 55.3. The number of amides is 4. The van der Waals surface area contributed by atoms with Crippen molar-refractivity contribution in [2.45, 2.75) is 38.8 Å². The molecule has 0 atom stereocenters. The maximum absolute atomic E-state index is 13.5. The highest BCUT2D eigenvalue weighted by molar-refractivity contribution is 6.34. The summed E-state index contributed by atoms with van der Waals surface area (Å²) in [5, 5.41) is 22.9. The summed E-state index contributed by atoms with van der Waals surface area (Å²) in [5.74, 6) is -1.17. The smallest absolute Gasteiger partial charge is 0.266 e. The number of benzene rings is 4. The van der Waals surface area contributed by atoms with Crippen LogP contribution in [0.5, 0.6) is 0 Å². The molecule has 3 heterocycles. The van der Waals surface area contributed by atoms with Crippen molar-refractivity contribution >= 4 is 35.0 Å². The topological polar surface area (TPSA) is 138 Å². The number of carbonyl (C=O) groups is 4. The summed E-state index contributed by atoms with van der Waals surface area (Å²) in [6.45, 7) is 4.54. The Hall–Kier alpha value is -5.94. The number of hydrogen-bond donors (Lipinski definition) is 2. The molecule has 7 rings (SSSR count). The molecule has 49 heavy (non-hydrogen) atoms. The third kappa shape index (κ3) is 6.12. The van der Waals surface area contributed by atoms with Crippen molar-refractivity contribution in [3.63, 3.8) is 0 Å². The molecule has 0 aliphatic carbocycles. The molecular formula is C38H34N6O5. The summed E-state index contributed by atoms with van der Waals surface area (Å²) < 4.78 is 1.60. The van der Waals surface area contributed by atoms with Crippen LogP contribution in [0.25, 0.3) is 11.3 Å². The van der Waals surface area contributed by atoms with Crippen LogP contribution in [0.2, 0.25) is 0 Å². The van der Waals surface area contributed by atoms with Gasteiger partial charge >= 0.3 is 0 Å². The first-order valence-corrected chi connectivity index (χ1v) is 16.1. The lowest BCUT2D eigenvalue weighted by Crippen LogP contribution is -2.48. The minimum Gasteiger partial charge on any atom is -0.388 e. The average Bonchev–Trinajstić information content (AvgIpc) is 3.66. The molecule has 4 amide bonds. The van der Waals surface area contributed by atoms with Gasteiger partial charge in [-0.25, -0.2) is 9.58 Å². The van der Waals surface area contributed by atoms with Crippen molar-refractivity contribution < 1.29 is 24.3 Å². The van der Waals surface area contributed by atoms with Gasteiger partial charge in [-0.15, -0.1) is 5.10 Å². The van der Waals surface area contributed by atoms with Gasteiger partial charge in [0, 0.05) is 35.5 Å². The van der Waals surface area contributed by atoms with E-state index in [1.54, 1.807) is 71.2 Å². The second kappa shape index (κ2) is 12.6. The zero-order valence-corrected chi connectivity index (χ0v) is 27.1. The number of rotatable bonds is 7. The van der Waals surface area contributed by atoms with Gasteiger partial charge in [-0.05, 0) is 86.3 Å². The Kier molecular flexibility index (Phi) is 8.13. The van der Waals surface area contributed by atoms with Crippen molar-refractivity contribution in [3.8, 4) is 11.3 Å². The summed E-state index contributed by atoms with van der Waals surface area (Å²) in [6, 6.07) is 26.5. The number of nitrogens with zero attached hydrogens (tertiary/aromatic N) is 5. The van der Waals surface area contributed by atoms with Crippen LogP contribution in [-0.4, -0.2) is 67.3 Å². The molecule has 1 saturated heterocycles. The molecule has 0 saturated carbocycles. The molecule has 5 aromatic rings. The fourth-order valence-corrected chi connectivity index (χ4v) is 6.46. The van der Waals surface area contributed by atoms with Crippen molar-refractivity contribution in [1.29, 1.82) is 0 Å². The van der Waals surface area contributed by atoms with Crippen LogP contribution in [0.3, 0.4) is 0 Å². The maximum atomic E-state index is 13.5. The first-order chi connectivity index (χ1) is 23.6. The lowest BCUT2D eigenvalue weighted by atomic mass is 9.90. The van der Waals surface area contributed by atoms with Gasteiger partial charge in [-0.1, -0.05) is 47.7 Å². The van der Waals surface area contributed by atoms with E-state index in [-0.39, 0.29) is 30.2 Å². The molecule has 0 unspecified atom stereocenters. The molecule has 1 aromatic heterocycles. The Bertz CT molecular complexity index is 2080. The third-order valence-electron chi connectivity index (χ3n) is 9.28. The number of anilines is 2. The first-order valence-electron chi connectivity index (χ1n) is 16.1. The highest BCUT2D eigenvalue weighted by atomic mass is 16.3. The van der Waals surface area contributed by atoms with Crippen LogP contribution in [0.4, 0.5) is 11.4 Å². The van der Waals surface area contributed by atoms with E-state index >= 15 is 0 Å². The molecule has 0 bridgehead atoms. The molecule has 246 valence electrons. The van der Waals surface area contributed by atoms with Crippen molar-refractivity contribution in [2.24, 2.45) is 0 Å². The van der Waals surface area contributed by atoms with Crippen LogP contribution in [-0.2, 0) is 6.54 Å². The monoisotopic (exact) mass is 654 g/mol. The first kappa shape index (κ1) is 31.6. The summed E-state index contributed by atoms with van der Waals surface area (Å²) in [5.41, 5.74) is 4.52. The van der Waals surface area contributed by atoms with Gasteiger partial charge < -0.3 is 15.3 Å². The van der Waals surface area contributed by atoms with Crippen LogP contribution in [0.15, 0.2) is 97.2 Å². The zero-order valence-electron chi connectivity index (χ0n) is 27.1. The van der Waals surface area contributed by atoms with E-state index in [1.807, 2.05) is 49.4 Å². The second-order valence-electron chi connectivity index (χ2n) is 12.7. The molecule has 2 aliphatic rings. The Morgan fingerprint density at radius 2 is 1.49 bits per heavy atom. The van der Waals surface area contributed by atoms with E-state index in [2.05, 4.69) is 15.6 Å². The lowest BCUT2D eigenvalue weighted by Gasteiger charge is -2.38. The van der Waals surface area contributed by atoms with Gasteiger partial charge in [0.25, 0.3) is 23.6 Å². The van der Waals surface area contributed by atoms with Crippen molar-refractivity contribution in [2.75, 3.05) is 23.3 Å². The molecule has 4 aromatic carbocycles. The Morgan fingerprint density at radius 1 is 0.816 bits per heavy atom. The number of aliphatic hydroxyl groups is 1. The number of aromatic nitrogens is 3. The summed E-state index contributed by atoms with van der Waals surface area (Å²) >= 11 is 0. The standard InChI is InChI=1S/C38H34N6O5/c1-24-12-13-26(21-32(24)34(45)39-27-8-4-3-5-9-27)33-22-43(41-40-33)23-38(49)16-18-42(19-17-38)35(46)29-15-14-28(20-25(29)2)44-36(47)30-10-6-7-11-31(30)37(44)48/h3-15,20-22,49H,16-19,23H2,1-2H3,(H,39,45). The summed E-state index contributed by atoms with van der Waals surface area (Å²) in [7, 11) is 0. The molecule has 2 N–H and O–H groups in total. The maximum Gasteiger partial charge on any atom is 0.266 e. The Balaban J connectivity index is 0.984. The molecular weight excluding hydrogens is 620 g/mol. The van der Waals surface area contributed by atoms with E-state index in [0.717, 1.165) is 16.0 Å². The van der Waals surface area contributed by atoms with Gasteiger partial charge in [-0.3, -0.25) is 19.2 Å². The molecule has 2 aliphatic heterocycles. The fourth-order valence-electron chi connectivity index (χ4n) is 6.46.